The zero-order chi connectivity index (χ0) is 17.9. The predicted octanol–water partition coefficient (Wildman–Crippen LogP) is 3.46. The first-order valence-corrected chi connectivity index (χ1v) is 8.90. The summed E-state index contributed by atoms with van der Waals surface area (Å²) in [5, 5.41) is 5.61. The molecule has 3 aromatic rings. The Bertz CT molecular complexity index is 928. The number of benzene rings is 1. The first kappa shape index (κ1) is 16.5. The summed E-state index contributed by atoms with van der Waals surface area (Å²) in [6, 6.07) is 14.3. The third kappa shape index (κ3) is 3.53. The second-order valence-corrected chi connectivity index (χ2v) is 6.71. The minimum atomic E-state index is 0.798. The van der Waals surface area contributed by atoms with Gasteiger partial charge in [-0.15, -0.1) is 0 Å². The highest BCUT2D eigenvalue weighted by atomic mass is 15.3. The van der Waals surface area contributed by atoms with E-state index in [9.17, 15) is 0 Å². The summed E-state index contributed by atoms with van der Waals surface area (Å²) in [4.78, 5) is 13.7. The molecule has 1 aromatic carbocycles. The highest BCUT2D eigenvalue weighted by molar-refractivity contribution is 5.85. The van der Waals surface area contributed by atoms with E-state index >= 15 is 0 Å². The van der Waals surface area contributed by atoms with E-state index in [4.69, 9.17) is 0 Å². The van der Waals surface area contributed by atoms with Crippen LogP contribution in [0.2, 0.25) is 0 Å². The Morgan fingerprint density at radius 1 is 1.00 bits per heavy atom. The number of pyridine rings is 2. The maximum Gasteiger partial charge on any atom is 0.130 e. The van der Waals surface area contributed by atoms with Gasteiger partial charge in [0.1, 0.15) is 11.6 Å². The van der Waals surface area contributed by atoms with Gasteiger partial charge in [0, 0.05) is 55.2 Å². The highest BCUT2D eigenvalue weighted by Gasteiger charge is 2.15. The molecule has 0 aliphatic carbocycles. The molecule has 2 aromatic heterocycles. The lowest BCUT2D eigenvalue weighted by molar-refractivity contribution is 0.312. The fourth-order valence-corrected chi connectivity index (χ4v) is 3.19. The lowest BCUT2D eigenvalue weighted by atomic mass is 10.1. The number of piperazine rings is 1. The lowest BCUT2D eigenvalue weighted by Gasteiger charge is -2.33. The van der Waals surface area contributed by atoms with E-state index in [0.29, 0.717) is 0 Å². The first-order valence-electron chi connectivity index (χ1n) is 8.90. The molecular formula is C21H23N5. The average molecular weight is 345 g/mol. The fourth-order valence-electron chi connectivity index (χ4n) is 3.19. The summed E-state index contributed by atoms with van der Waals surface area (Å²) in [7, 11) is 2.16. The Hall–Kier alpha value is -2.92. The molecule has 0 spiro atoms. The van der Waals surface area contributed by atoms with Crippen molar-refractivity contribution in [2.75, 3.05) is 43.4 Å². The summed E-state index contributed by atoms with van der Waals surface area (Å²) in [6.07, 6.45) is 3.73. The molecule has 1 fully saturated rings. The molecule has 4 rings (SSSR count). The topological polar surface area (TPSA) is 44.3 Å². The van der Waals surface area contributed by atoms with Gasteiger partial charge in [-0.05, 0) is 30.6 Å². The fraction of sp³-hybridized carbons (Fsp3) is 0.238. The second-order valence-electron chi connectivity index (χ2n) is 6.71. The van der Waals surface area contributed by atoms with Crippen LogP contribution in [-0.2, 0) is 0 Å². The van der Waals surface area contributed by atoms with Crippen LogP contribution in [0.3, 0.4) is 0 Å². The number of nitrogens with one attached hydrogen (secondary N) is 1. The third-order valence-corrected chi connectivity index (χ3v) is 4.83. The second kappa shape index (κ2) is 7.14. The van der Waals surface area contributed by atoms with Gasteiger partial charge in [-0.1, -0.05) is 30.8 Å². The number of fused-ring (bicyclic) bond motifs is 1. The van der Waals surface area contributed by atoms with Crippen molar-refractivity contribution in [3.8, 4) is 0 Å². The van der Waals surface area contributed by atoms with Crippen molar-refractivity contribution < 1.29 is 0 Å². The van der Waals surface area contributed by atoms with Gasteiger partial charge in [0.15, 0.2) is 0 Å². The van der Waals surface area contributed by atoms with Crippen molar-refractivity contribution in [1.29, 1.82) is 0 Å². The van der Waals surface area contributed by atoms with Crippen LogP contribution in [0.15, 0.2) is 61.4 Å². The molecule has 0 atom stereocenters. The summed E-state index contributed by atoms with van der Waals surface area (Å²) >= 11 is 0. The molecule has 0 unspecified atom stereocenters. The number of likely N-dealkylation sites (N-methyl/N-ethyl adjacent to an activating group) is 1. The van der Waals surface area contributed by atoms with E-state index in [1.54, 1.807) is 0 Å². The summed E-state index contributed by atoms with van der Waals surface area (Å²) in [6.45, 7) is 8.31. The average Bonchev–Trinajstić information content (AvgIpc) is 2.68. The van der Waals surface area contributed by atoms with Gasteiger partial charge in [0.2, 0.25) is 0 Å². The Labute approximate surface area is 154 Å². The molecule has 0 radical (unpaired) electrons. The van der Waals surface area contributed by atoms with Crippen LogP contribution in [0.1, 0.15) is 5.56 Å². The third-order valence-electron chi connectivity index (χ3n) is 4.83. The molecule has 1 N–H and O–H groups in total. The molecule has 3 heterocycles. The van der Waals surface area contributed by atoms with Crippen molar-refractivity contribution in [2.45, 2.75) is 0 Å². The van der Waals surface area contributed by atoms with Crippen LogP contribution >= 0.6 is 0 Å². The minimum Gasteiger partial charge on any atom is -0.354 e. The van der Waals surface area contributed by atoms with Gasteiger partial charge in [-0.3, -0.25) is 0 Å². The molecule has 0 bridgehead atoms. The van der Waals surface area contributed by atoms with Gasteiger partial charge < -0.3 is 15.1 Å². The van der Waals surface area contributed by atoms with Crippen LogP contribution in [0.25, 0.3) is 16.5 Å². The van der Waals surface area contributed by atoms with Crippen LogP contribution in [0.5, 0.6) is 0 Å². The SMILES string of the molecule is C=C(Nc1cc2ccccc2cn1)c1ccnc(N2CCN(C)CC2)c1. The van der Waals surface area contributed by atoms with Gasteiger partial charge in [0.25, 0.3) is 0 Å². The van der Waals surface area contributed by atoms with Gasteiger partial charge >= 0.3 is 0 Å². The summed E-state index contributed by atoms with van der Waals surface area (Å²) in [5.41, 5.74) is 1.86. The molecule has 0 saturated carbocycles. The van der Waals surface area contributed by atoms with E-state index in [1.807, 2.05) is 36.7 Å². The number of anilines is 2. The maximum atomic E-state index is 4.54. The van der Waals surface area contributed by atoms with E-state index in [1.165, 1.54) is 0 Å². The van der Waals surface area contributed by atoms with E-state index in [2.05, 4.69) is 56.9 Å². The Kier molecular flexibility index (Phi) is 4.54. The monoisotopic (exact) mass is 345 g/mol. The number of hydrogen-bond acceptors (Lipinski definition) is 5. The molecule has 132 valence electrons. The quantitative estimate of drug-likeness (QED) is 0.784. The van der Waals surface area contributed by atoms with Crippen LogP contribution in [0, 0.1) is 0 Å². The summed E-state index contributed by atoms with van der Waals surface area (Å²) in [5.74, 6) is 1.80. The molecule has 5 nitrogen and oxygen atoms in total. The Morgan fingerprint density at radius 2 is 1.77 bits per heavy atom. The summed E-state index contributed by atoms with van der Waals surface area (Å²) < 4.78 is 0. The van der Waals surface area contributed by atoms with Crippen molar-refractivity contribution in [2.24, 2.45) is 0 Å². The standard InChI is InChI=1S/C21H23N5/c1-16(24-20-13-18-5-3-4-6-19(18)15-23-20)17-7-8-22-21(14-17)26-11-9-25(2)10-12-26/h3-8,13-15H,1,9-12H2,2H3,(H,23,24). The van der Waals surface area contributed by atoms with Crippen LogP contribution in [-0.4, -0.2) is 48.1 Å². The van der Waals surface area contributed by atoms with Crippen molar-refractivity contribution in [3.05, 3.63) is 67.0 Å². The van der Waals surface area contributed by atoms with E-state index in [0.717, 1.165) is 59.8 Å². The smallest absolute Gasteiger partial charge is 0.130 e. The molecule has 1 aliphatic heterocycles. The van der Waals surface area contributed by atoms with Gasteiger partial charge in [-0.25, -0.2) is 9.97 Å². The Balaban J connectivity index is 1.51. The van der Waals surface area contributed by atoms with Crippen molar-refractivity contribution in [1.82, 2.24) is 14.9 Å². The van der Waals surface area contributed by atoms with Crippen LogP contribution < -0.4 is 10.2 Å². The molecule has 26 heavy (non-hydrogen) atoms. The predicted molar refractivity (Wildman–Crippen MR) is 108 cm³/mol. The molecule has 1 aliphatic rings. The highest BCUT2D eigenvalue weighted by Crippen LogP contribution is 2.22. The van der Waals surface area contributed by atoms with E-state index in [-0.39, 0.29) is 0 Å². The number of nitrogens with zero attached hydrogens (tertiary/aromatic N) is 4. The largest absolute Gasteiger partial charge is 0.354 e. The zero-order valence-electron chi connectivity index (χ0n) is 15.0. The van der Waals surface area contributed by atoms with Gasteiger partial charge in [0.05, 0.1) is 0 Å². The molecule has 0 amide bonds. The minimum absolute atomic E-state index is 0.798. The lowest BCUT2D eigenvalue weighted by Crippen LogP contribution is -2.44. The number of aromatic nitrogens is 2. The van der Waals surface area contributed by atoms with Crippen molar-refractivity contribution in [3.63, 3.8) is 0 Å². The Morgan fingerprint density at radius 3 is 2.58 bits per heavy atom. The van der Waals surface area contributed by atoms with E-state index < -0.39 is 0 Å². The number of rotatable bonds is 4. The maximum absolute atomic E-state index is 4.54. The zero-order valence-corrected chi connectivity index (χ0v) is 15.0. The van der Waals surface area contributed by atoms with Crippen molar-refractivity contribution >= 4 is 28.1 Å². The number of hydrogen-bond donors (Lipinski definition) is 1. The molecule has 5 heteroatoms. The molecule has 1 saturated heterocycles. The molecular weight excluding hydrogens is 322 g/mol. The normalized spacial score (nSPS) is 15.2. The van der Waals surface area contributed by atoms with Gasteiger partial charge in [-0.2, -0.15) is 0 Å². The first-order chi connectivity index (χ1) is 12.7. The van der Waals surface area contributed by atoms with Crippen LogP contribution in [0.4, 0.5) is 11.6 Å².